The fourth-order valence-corrected chi connectivity index (χ4v) is 12.3. The number of pyridine rings is 1. The summed E-state index contributed by atoms with van der Waals surface area (Å²) in [6, 6.07) is 25.8. The molecule has 0 spiro atoms. The van der Waals surface area contributed by atoms with Crippen molar-refractivity contribution in [3.8, 4) is 33.1 Å². The molecule has 0 aliphatic carbocycles. The van der Waals surface area contributed by atoms with Crippen molar-refractivity contribution in [2.45, 2.75) is 118 Å². The Morgan fingerprint density at radius 1 is 0.900 bits per heavy atom. The van der Waals surface area contributed by atoms with Crippen molar-refractivity contribution >= 4 is 40.5 Å². The van der Waals surface area contributed by atoms with E-state index in [0.717, 1.165) is 80.3 Å². The predicted octanol–water partition coefficient (Wildman–Crippen LogP) is 8.95. The van der Waals surface area contributed by atoms with Crippen molar-refractivity contribution in [3.63, 3.8) is 0 Å². The molecule has 3 aliphatic rings. The maximum Gasteiger partial charge on any atom is 0.255 e. The van der Waals surface area contributed by atoms with Gasteiger partial charge in [0.1, 0.15) is 30.8 Å². The summed E-state index contributed by atoms with van der Waals surface area (Å²) >= 11 is 1.54. The number of benzene rings is 4. The molecule has 9 rings (SSSR count). The monoisotopic (exact) mass is 1110 g/mol. The van der Waals surface area contributed by atoms with Crippen LogP contribution in [-0.4, -0.2) is 125 Å². The number of aromatic amines is 1. The summed E-state index contributed by atoms with van der Waals surface area (Å²) in [7, 11) is 0. The topological polar surface area (TPSA) is 193 Å². The number of thiazole rings is 1. The molecule has 2 aromatic heterocycles. The molecule has 3 aliphatic heterocycles. The second-order valence-corrected chi connectivity index (χ2v) is 22.3. The van der Waals surface area contributed by atoms with Gasteiger partial charge in [-0.15, -0.1) is 11.3 Å². The zero-order valence-corrected chi connectivity index (χ0v) is 47.8. The highest BCUT2D eigenvalue weighted by atomic mass is 32.1. The van der Waals surface area contributed by atoms with Crippen molar-refractivity contribution in [2.75, 3.05) is 57.6 Å². The second kappa shape index (κ2) is 25.9. The summed E-state index contributed by atoms with van der Waals surface area (Å²) in [5.41, 5.74) is 12.0. The van der Waals surface area contributed by atoms with Crippen LogP contribution in [0.1, 0.15) is 106 Å². The number of Topliss-reactive ketones (excluding diaryl/α,β-unsaturated/α-hetero) is 1. The van der Waals surface area contributed by atoms with E-state index in [4.69, 9.17) is 18.9 Å². The number of carbonyl (C=O) groups is 4. The van der Waals surface area contributed by atoms with Crippen molar-refractivity contribution in [1.82, 2.24) is 25.1 Å². The van der Waals surface area contributed by atoms with E-state index in [1.165, 1.54) is 16.2 Å². The van der Waals surface area contributed by atoms with Crippen molar-refractivity contribution in [1.29, 1.82) is 0 Å². The third kappa shape index (κ3) is 13.0. The molecule has 3 N–H and O–H groups in total. The van der Waals surface area contributed by atoms with Crippen LogP contribution in [0, 0.1) is 33.6 Å². The van der Waals surface area contributed by atoms with E-state index >= 15 is 0 Å². The molecule has 0 saturated carbocycles. The van der Waals surface area contributed by atoms with Crippen LogP contribution in [-0.2, 0) is 38.6 Å². The van der Waals surface area contributed by atoms with Gasteiger partial charge in [-0.3, -0.25) is 24.0 Å². The van der Waals surface area contributed by atoms with Gasteiger partial charge in [-0.2, -0.15) is 0 Å². The Morgan fingerprint density at radius 2 is 1.64 bits per heavy atom. The van der Waals surface area contributed by atoms with Crippen LogP contribution in [0.4, 0.5) is 5.69 Å². The summed E-state index contributed by atoms with van der Waals surface area (Å²) in [5.74, 6) is 0.113. The fraction of sp³-hybridized carbons (Fsp3) is 0.429. The number of H-pyrrole nitrogens is 1. The number of aromatic nitrogens is 2. The standard InChI is InChI=1S/C63H74N6O10S/c1-8-67(48-21-23-76-24-22-48)54-31-47(30-52(41(54)6)60(72)64-34-53-39(4)29-40(5)66-61(53)73)43-15-18-50(19-16-43)78-27-25-77-26-28-79-57-32-45(59-42(7)65-37-80-59)14-13-44(57)17-20-56(71)55-33-49(70)36-68(55)63(75)58(38(2)3)69-35-46-11-9-10-12-51(46)62(69)74/h9-16,18-19,29-32,37-38,48-49,55,58,70H,8,17,20-28,33-36H2,1-7H3,(H,64,72)(H,66,73)/t49-,55?,58+/m1/s1. The summed E-state index contributed by atoms with van der Waals surface area (Å²) in [6.45, 7) is 17.3. The molecular weight excluding hydrogens is 1030 g/mol. The van der Waals surface area contributed by atoms with E-state index < -0.39 is 18.2 Å². The average Bonchev–Trinajstić information content (AvgIpc) is 4.17. The number of aliphatic hydroxyl groups excluding tert-OH is 1. The molecule has 0 bridgehead atoms. The van der Waals surface area contributed by atoms with E-state index in [1.54, 1.807) is 16.5 Å². The van der Waals surface area contributed by atoms with Gasteiger partial charge in [0.05, 0.1) is 41.4 Å². The van der Waals surface area contributed by atoms with E-state index in [1.807, 2.05) is 114 Å². The molecular formula is C63H74N6O10S. The zero-order valence-electron chi connectivity index (χ0n) is 47.0. The number of fused-ring (bicyclic) bond motifs is 1. The number of likely N-dealkylation sites (tertiary alicyclic amines) is 1. The number of ether oxygens (including phenoxy) is 4. The molecule has 1 unspecified atom stereocenters. The lowest BCUT2D eigenvalue weighted by atomic mass is 9.95. The van der Waals surface area contributed by atoms with Gasteiger partial charge >= 0.3 is 0 Å². The first kappa shape index (κ1) is 57.5. The van der Waals surface area contributed by atoms with Crippen LogP contribution in [0.3, 0.4) is 0 Å². The minimum atomic E-state index is -0.857. The Labute approximate surface area is 472 Å². The SMILES string of the molecule is CCN(c1cc(-c2ccc(OCCOCCOc3cc(-c4scnc4C)ccc3CCC(=O)C3C[C@@H](O)CN3C(=O)[C@H](C(C)C)N3Cc4ccccc4C3=O)cc2)cc(C(=O)NCc2c(C)cc(C)[nH]c2=O)c1C)C1CCOCC1. The van der Waals surface area contributed by atoms with Gasteiger partial charge in [-0.05, 0) is 141 Å². The third-order valence-electron chi connectivity index (χ3n) is 15.7. The number of carbonyl (C=O) groups excluding carboxylic acids is 4. The highest BCUT2D eigenvalue weighted by Crippen LogP contribution is 2.37. The maximum absolute atomic E-state index is 14.4. The third-order valence-corrected chi connectivity index (χ3v) is 16.7. The Balaban J connectivity index is 0.810. The maximum atomic E-state index is 14.4. The predicted molar refractivity (Wildman–Crippen MR) is 310 cm³/mol. The number of nitrogens with zero attached hydrogens (tertiary/aromatic N) is 4. The Bertz CT molecular complexity index is 3260. The number of β-amino-alcohol motifs (C(OH)–C–C–N with tert-alkyl or cyclic N) is 1. The largest absolute Gasteiger partial charge is 0.491 e. The van der Waals surface area contributed by atoms with Gasteiger partial charge in [0.25, 0.3) is 17.4 Å². The lowest BCUT2D eigenvalue weighted by Gasteiger charge is -2.37. The Hall–Kier alpha value is -7.18. The van der Waals surface area contributed by atoms with Crippen molar-refractivity contribution in [2.24, 2.45) is 5.92 Å². The molecule has 2 fully saturated rings. The highest BCUT2D eigenvalue weighted by molar-refractivity contribution is 7.13. The Kier molecular flexibility index (Phi) is 18.7. The molecule has 6 aromatic rings. The van der Waals surface area contributed by atoms with Crippen LogP contribution < -0.4 is 25.2 Å². The van der Waals surface area contributed by atoms with Crippen LogP contribution in [0.2, 0.25) is 0 Å². The molecule has 17 heteroatoms. The molecule has 3 amide bonds. The normalized spacial score (nSPS) is 16.7. The molecule has 422 valence electrons. The molecule has 80 heavy (non-hydrogen) atoms. The molecule has 2 saturated heterocycles. The quantitative estimate of drug-likeness (QED) is 0.0517. The van der Waals surface area contributed by atoms with Gasteiger partial charge < -0.3 is 49.1 Å². The summed E-state index contributed by atoms with van der Waals surface area (Å²) in [6.07, 6.45) is 1.53. The molecule has 5 heterocycles. The van der Waals surface area contributed by atoms with Crippen molar-refractivity contribution in [3.05, 3.63) is 151 Å². The number of aryl methyl sites for hydroxylation is 4. The number of anilines is 1. The number of hydrogen-bond acceptors (Lipinski definition) is 13. The molecule has 16 nitrogen and oxygen atoms in total. The van der Waals surface area contributed by atoms with Crippen LogP contribution >= 0.6 is 11.3 Å². The first-order valence-electron chi connectivity index (χ1n) is 27.9. The van der Waals surface area contributed by atoms with Gasteiger partial charge in [-0.25, -0.2) is 4.98 Å². The number of hydrogen-bond donors (Lipinski definition) is 3. The van der Waals surface area contributed by atoms with Crippen LogP contribution in [0.25, 0.3) is 21.6 Å². The smallest absolute Gasteiger partial charge is 0.255 e. The van der Waals surface area contributed by atoms with Crippen molar-refractivity contribution < 1.29 is 43.2 Å². The summed E-state index contributed by atoms with van der Waals surface area (Å²) < 4.78 is 24.2. The minimum absolute atomic E-state index is 0.0262. The van der Waals surface area contributed by atoms with Crippen LogP contribution in [0.5, 0.6) is 11.5 Å². The minimum Gasteiger partial charge on any atom is -0.491 e. The van der Waals surface area contributed by atoms with Gasteiger partial charge in [0.15, 0.2) is 5.78 Å². The second-order valence-electron chi connectivity index (χ2n) is 21.5. The number of ketones is 1. The van der Waals surface area contributed by atoms with Gasteiger partial charge in [0.2, 0.25) is 5.91 Å². The van der Waals surface area contributed by atoms with E-state index in [2.05, 4.69) is 33.2 Å². The molecule has 0 radical (unpaired) electrons. The lowest BCUT2D eigenvalue weighted by Crippen LogP contribution is -2.54. The number of nitrogens with one attached hydrogen (secondary N) is 2. The molecule has 3 atom stereocenters. The van der Waals surface area contributed by atoms with E-state index in [0.29, 0.717) is 67.6 Å². The Morgan fingerprint density at radius 3 is 2.34 bits per heavy atom. The molecule has 4 aromatic carbocycles. The lowest BCUT2D eigenvalue weighted by molar-refractivity contribution is -0.142. The zero-order chi connectivity index (χ0) is 56.6. The van der Waals surface area contributed by atoms with Gasteiger partial charge in [-0.1, -0.05) is 56.3 Å². The van der Waals surface area contributed by atoms with Crippen LogP contribution in [0.15, 0.2) is 95.2 Å². The summed E-state index contributed by atoms with van der Waals surface area (Å²) in [5, 5.41) is 13.9. The average molecular weight is 1110 g/mol. The number of rotatable bonds is 23. The fourth-order valence-electron chi connectivity index (χ4n) is 11.5. The number of aliphatic hydroxyl groups is 1. The van der Waals surface area contributed by atoms with E-state index in [-0.39, 0.29) is 80.2 Å². The first-order valence-corrected chi connectivity index (χ1v) is 28.8. The van der Waals surface area contributed by atoms with E-state index in [9.17, 15) is 29.1 Å². The summed E-state index contributed by atoms with van der Waals surface area (Å²) in [4.78, 5) is 82.7. The van der Waals surface area contributed by atoms with Gasteiger partial charge in [0, 0.05) is 86.3 Å². The first-order chi connectivity index (χ1) is 38.6. The number of amides is 3. The highest BCUT2D eigenvalue weighted by Gasteiger charge is 2.45.